The zero-order chi connectivity index (χ0) is 19.6. The lowest BCUT2D eigenvalue weighted by molar-refractivity contribution is -0.142. The van der Waals surface area contributed by atoms with E-state index in [1.165, 1.54) is 26.2 Å². The number of ether oxygens (including phenoxy) is 3. The molecule has 140 valence electrons. The molecule has 2 rings (SSSR count). The molecule has 0 unspecified atom stereocenters. The highest BCUT2D eigenvalue weighted by Gasteiger charge is 2.26. The molecular weight excluding hydrogens is 344 g/mol. The van der Waals surface area contributed by atoms with E-state index in [4.69, 9.17) is 9.47 Å². The molecule has 2 aromatic rings. The first-order valence-corrected chi connectivity index (χ1v) is 7.73. The van der Waals surface area contributed by atoms with Gasteiger partial charge in [-0.05, 0) is 32.9 Å². The average molecular weight is 364 g/mol. The minimum atomic E-state index is -0.777. The number of hydrogen-bond donors (Lipinski definition) is 1. The van der Waals surface area contributed by atoms with Crippen molar-refractivity contribution in [1.29, 1.82) is 0 Å². The summed E-state index contributed by atoms with van der Waals surface area (Å²) >= 11 is 0. The molecule has 26 heavy (non-hydrogen) atoms. The number of phenolic OH excluding ortho intramolecular Hbond substituents is 1. The van der Waals surface area contributed by atoms with Crippen LogP contribution in [-0.4, -0.2) is 45.4 Å². The van der Waals surface area contributed by atoms with Crippen molar-refractivity contribution in [2.45, 2.75) is 39.9 Å². The maximum absolute atomic E-state index is 12.6. The summed E-state index contributed by atoms with van der Waals surface area (Å²) in [6.45, 7) is 6.00. The van der Waals surface area contributed by atoms with Gasteiger partial charge in [0.25, 0.3) is 0 Å². The van der Waals surface area contributed by atoms with E-state index >= 15 is 0 Å². The summed E-state index contributed by atoms with van der Waals surface area (Å²) in [5, 5.41) is 10.3. The molecule has 1 heterocycles. The molecule has 1 aromatic heterocycles. The Morgan fingerprint density at radius 2 is 1.88 bits per heavy atom. The van der Waals surface area contributed by atoms with Crippen molar-refractivity contribution in [3.05, 3.63) is 23.5 Å². The monoisotopic (exact) mass is 364 g/mol. The SMILES string of the molecule is COC(=O)c1ccc2c(nc(COC(C)=O)n2C(=O)OC(C)(C)C)c1O. The molecule has 0 bridgehead atoms. The van der Waals surface area contributed by atoms with Crippen molar-refractivity contribution < 1.29 is 33.7 Å². The van der Waals surface area contributed by atoms with E-state index in [9.17, 15) is 19.5 Å². The van der Waals surface area contributed by atoms with Crippen molar-refractivity contribution in [3.8, 4) is 5.75 Å². The molecule has 0 radical (unpaired) electrons. The fourth-order valence-corrected chi connectivity index (χ4v) is 2.23. The van der Waals surface area contributed by atoms with E-state index in [1.54, 1.807) is 20.8 Å². The van der Waals surface area contributed by atoms with Gasteiger partial charge >= 0.3 is 18.0 Å². The van der Waals surface area contributed by atoms with Gasteiger partial charge in [0.1, 0.15) is 23.3 Å². The highest BCUT2D eigenvalue weighted by Crippen LogP contribution is 2.30. The summed E-state index contributed by atoms with van der Waals surface area (Å²) in [6, 6.07) is 2.73. The highest BCUT2D eigenvalue weighted by molar-refractivity contribution is 6.00. The van der Waals surface area contributed by atoms with Crippen LogP contribution < -0.4 is 0 Å². The van der Waals surface area contributed by atoms with Crippen molar-refractivity contribution >= 4 is 29.1 Å². The zero-order valence-corrected chi connectivity index (χ0v) is 15.2. The molecule has 0 aliphatic rings. The van der Waals surface area contributed by atoms with Crippen LogP contribution in [-0.2, 0) is 25.6 Å². The number of methoxy groups -OCH3 is 1. The van der Waals surface area contributed by atoms with Crippen molar-refractivity contribution in [2.75, 3.05) is 7.11 Å². The first-order chi connectivity index (χ1) is 12.0. The molecular formula is C17H20N2O7. The molecule has 9 nitrogen and oxygen atoms in total. The Bertz CT molecular complexity index is 877. The van der Waals surface area contributed by atoms with Crippen LogP contribution in [0, 0.1) is 0 Å². The summed E-state index contributed by atoms with van der Waals surface area (Å²) in [7, 11) is 1.18. The standard InChI is InChI=1S/C17H20N2O7/c1-9(20)25-8-12-18-13-11(19(12)16(23)26-17(2,3)4)7-6-10(14(13)21)15(22)24-5/h6-7,21H,8H2,1-5H3. The van der Waals surface area contributed by atoms with E-state index in [0.717, 1.165) is 4.57 Å². The lowest BCUT2D eigenvalue weighted by Crippen LogP contribution is -2.28. The van der Waals surface area contributed by atoms with Crippen LogP contribution in [0.1, 0.15) is 43.9 Å². The number of esters is 2. The molecule has 0 saturated heterocycles. The number of fused-ring (bicyclic) bond motifs is 1. The van der Waals surface area contributed by atoms with Crippen LogP contribution in [0.25, 0.3) is 11.0 Å². The Balaban J connectivity index is 2.64. The Hall–Kier alpha value is -3.10. The third-order valence-corrected chi connectivity index (χ3v) is 3.26. The van der Waals surface area contributed by atoms with Crippen LogP contribution >= 0.6 is 0 Å². The second-order valence-corrected chi connectivity index (χ2v) is 6.45. The van der Waals surface area contributed by atoms with Crippen LogP contribution in [0.4, 0.5) is 4.79 Å². The van der Waals surface area contributed by atoms with E-state index in [1.807, 2.05) is 0 Å². The molecule has 0 fully saturated rings. The summed E-state index contributed by atoms with van der Waals surface area (Å²) in [5.74, 6) is -1.72. The number of aromatic nitrogens is 2. The van der Waals surface area contributed by atoms with Gasteiger partial charge in [0.15, 0.2) is 11.6 Å². The molecule has 0 spiro atoms. The lowest BCUT2D eigenvalue weighted by atomic mass is 10.1. The van der Waals surface area contributed by atoms with Crippen molar-refractivity contribution in [1.82, 2.24) is 9.55 Å². The quantitative estimate of drug-likeness (QED) is 0.652. The van der Waals surface area contributed by atoms with Gasteiger partial charge in [-0.1, -0.05) is 0 Å². The summed E-state index contributed by atoms with van der Waals surface area (Å²) in [4.78, 5) is 39.5. The molecule has 0 atom stereocenters. The van der Waals surface area contributed by atoms with Crippen molar-refractivity contribution in [3.63, 3.8) is 0 Å². The number of nitrogens with zero attached hydrogens (tertiary/aromatic N) is 2. The predicted octanol–water partition coefficient (Wildman–Crippen LogP) is 2.37. The molecule has 1 N–H and O–H groups in total. The normalized spacial score (nSPS) is 11.3. The maximum atomic E-state index is 12.6. The van der Waals surface area contributed by atoms with E-state index in [2.05, 4.69) is 9.72 Å². The smallest absolute Gasteiger partial charge is 0.420 e. The second kappa shape index (κ2) is 7.03. The Morgan fingerprint density at radius 1 is 1.23 bits per heavy atom. The summed E-state index contributed by atoms with van der Waals surface area (Å²) in [6.07, 6.45) is -0.757. The number of aromatic hydroxyl groups is 1. The maximum Gasteiger partial charge on any atom is 0.420 e. The third kappa shape index (κ3) is 3.93. The van der Waals surface area contributed by atoms with Gasteiger partial charge in [0.05, 0.1) is 12.6 Å². The fourth-order valence-electron chi connectivity index (χ4n) is 2.23. The molecule has 0 aliphatic carbocycles. The highest BCUT2D eigenvalue weighted by atomic mass is 16.6. The molecule has 0 aliphatic heterocycles. The number of hydrogen-bond acceptors (Lipinski definition) is 8. The second-order valence-electron chi connectivity index (χ2n) is 6.45. The van der Waals surface area contributed by atoms with Gasteiger partial charge in [0, 0.05) is 6.92 Å². The minimum absolute atomic E-state index is 0.0130. The number of imidazole rings is 1. The summed E-state index contributed by atoms with van der Waals surface area (Å²) in [5.41, 5.74) is -0.694. The van der Waals surface area contributed by atoms with Gasteiger partial charge < -0.3 is 19.3 Å². The van der Waals surface area contributed by atoms with E-state index in [-0.39, 0.29) is 29.0 Å². The van der Waals surface area contributed by atoms with Gasteiger partial charge in [-0.3, -0.25) is 4.79 Å². The summed E-state index contributed by atoms with van der Waals surface area (Å²) < 4.78 is 15.9. The zero-order valence-electron chi connectivity index (χ0n) is 15.2. The topological polar surface area (TPSA) is 117 Å². The number of phenols is 1. The number of carbonyl (C=O) groups is 3. The van der Waals surface area contributed by atoms with Crippen LogP contribution in [0.5, 0.6) is 5.75 Å². The van der Waals surface area contributed by atoms with E-state index in [0.29, 0.717) is 0 Å². The van der Waals surface area contributed by atoms with Crippen LogP contribution in [0.2, 0.25) is 0 Å². The third-order valence-electron chi connectivity index (χ3n) is 3.26. The van der Waals surface area contributed by atoms with Gasteiger partial charge in [-0.25, -0.2) is 19.1 Å². The van der Waals surface area contributed by atoms with Crippen LogP contribution in [0.3, 0.4) is 0 Å². The predicted molar refractivity (Wildman–Crippen MR) is 89.8 cm³/mol. The van der Waals surface area contributed by atoms with Gasteiger partial charge in [0.2, 0.25) is 0 Å². The minimum Gasteiger partial charge on any atom is -0.505 e. The van der Waals surface area contributed by atoms with Crippen LogP contribution in [0.15, 0.2) is 12.1 Å². The first-order valence-electron chi connectivity index (χ1n) is 7.73. The lowest BCUT2D eigenvalue weighted by Gasteiger charge is -2.20. The molecule has 9 heteroatoms. The van der Waals surface area contributed by atoms with Crippen molar-refractivity contribution in [2.24, 2.45) is 0 Å². The Labute approximate surface area is 149 Å². The number of carbonyl (C=O) groups excluding carboxylic acids is 3. The van der Waals surface area contributed by atoms with Gasteiger partial charge in [-0.2, -0.15) is 0 Å². The average Bonchev–Trinajstić information content (AvgIpc) is 2.90. The molecule has 0 saturated carbocycles. The number of benzene rings is 1. The Kier molecular flexibility index (Phi) is 5.20. The van der Waals surface area contributed by atoms with Gasteiger partial charge in [-0.15, -0.1) is 0 Å². The Morgan fingerprint density at radius 3 is 2.42 bits per heavy atom. The largest absolute Gasteiger partial charge is 0.505 e. The fraction of sp³-hybridized carbons (Fsp3) is 0.412. The van der Waals surface area contributed by atoms with E-state index < -0.39 is 29.4 Å². The molecule has 1 aromatic carbocycles. The molecule has 0 amide bonds. The number of rotatable bonds is 3. The first kappa shape index (κ1) is 19.2.